The Hall–Kier alpha value is -2.56. The number of aryl methyl sites for hydroxylation is 1. The molecule has 3 heterocycles. The van der Waals surface area contributed by atoms with E-state index in [2.05, 4.69) is 31.0 Å². The fourth-order valence-electron chi connectivity index (χ4n) is 3.56. The molecule has 6 nitrogen and oxygen atoms in total. The smallest absolute Gasteiger partial charge is 0.266 e. The molecule has 29 heavy (non-hydrogen) atoms. The molecule has 1 fully saturated rings. The van der Waals surface area contributed by atoms with Gasteiger partial charge in [-0.1, -0.05) is 0 Å². The number of carbonyl (C=O) groups excluding carboxylic acids is 1. The quantitative estimate of drug-likeness (QED) is 0.421. The molecule has 0 N–H and O–H groups in total. The number of hydrogen-bond acceptors (Lipinski definition) is 4. The van der Waals surface area contributed by atoms with E-state index >= 15 is 0 Å². The Morgan fingerprint density at radius 3 is 2.76 bits per heavy atom. The minimum atomic E-state index is -3.17. The van der Waals surface area contributed by atoms with E-state index in [9.17, 15) is 22.4 Å². The largest absolute Gasteiger partial charge is 0.332 e. The van der Waals surface area contributed by atoms with Crippen molar-refractivity contribution in [3.05, 3.63) is 57.6 Å². The maximum Gasteiger partial charge on any atom is 0.266 e. The van der Waals surface area contributed by atoms with E-state index in [-0.39, 0.29) is 22.4 Å². The molecule has 1 amide bonds. The number of halogens is 5. The van der Waals surface area contributed by atoms with E-state index in [0.29, 0.717) is 17.5 Å². The van der Waals surface area contributed by atoms with E-state index in [1.54, 1.807) is 13.0 Å². The van der Waals surface area contributed by atoms with Gasteiger partial charge in [0.2, 0.25) is 0 Å². The Balaban J connectivity index is 1.71. The Morgan fingerprint density at radius 1 is 1.28 bits per heavy atom. The van der Waals surface area contributed by atoms with Crippen molar-refractivity contribution in [3.63, 3.8) is 0 Å². The second-order valence-electron chi connectivity index (χ2n) is 6.99. The molecule has 1 saturated heterocycles. The van der Waals surface area contributed by atoms with Gasteiger partial charge in [-0.05, 0) is 41.1 Å². The van der Waals surface area contributed by atoms with Gasteiger partial charge < -0.3 is 4.90 Å². The first-order valence-corrected chi connectivity index (χ1v) is 9.43. The lowest BCUT2D eigenvalue weighted by molar-refractivity contribution is -0.0641. The van der Waals surface area contributed by atoms with Crippen molar-refractivity contribution >= 4 is 27.6 Å². The Bertz CT molecular complexity index is 1100. The molecule has 0 aliphatic carbocycles. The normalized spacial score (nSPS) is 19.0. The number of alkyl halides is 2. The summed E-state index contributed by atoms with van der Waals surface area (Å²) in [4.78, 5) is 21.9. The zero-order valence-electron chi connectivity index (χ0n) is 15.0. The molecular formula is C18H14BrF4N5O. The van der Waals surface area contributed by atoms with Gasteiger partial charge in [-0.15, -0.1) is 0 Å². The number of aromatic nitrogens is 4. The van der Waals surface area contributed by atoms with Gasteiger partial charge in [-0.25, -0.2) is 27.1 Å². The van der Waals surface area contributed by atoms with Gasteiger partial charge in [0, 0.05) is 30.1 Å². The van der Waals surface area contributed by atoms with Crippen LogP contribution in [0.25, 0.3) is 5.78 Å². The minimum Gasteiger partial charge on any atom is -0.332 e. The molecule has 3 aromatic rings. The monoisotopic (exact) mass is 471 g/mol. The zero-order valence-corrected chi connectivity index (χ0v) is 16.6. The number of piperidine rings is 1. The highest BCUT2D eigenvalue weighted by Crippen LogP contribution is 2.37. The van der Waals surface area contributed by atoms with Crippen LogP contribution in [-0.2, 0) is 0 Å². The highest BCUT2D eigenvalue weighted by molar-refractivity contribution is 9.10. The molecule has 2 aromatic heterocycles. The van der Waals surface area contributed by atoms with Crippen LogP contribution in [0.4, 0.5) is 17.6 Å². The maximum atomic E-state index is 14.5. The Morgan fingerprint density at radius 2 is 2.03 bits per heavy atom. The highest BCUT2D eigenvalue weighted by Gasteiger charge is 2.43. The van der Waals surface area contributed by atoms with Crippen LogP contribution < -0.4 is 0 Å². The number of nitrogens with zero attached hydrogens (tertiary/aromatic N) is 5. The summed E-state index contributed by atoms with van der Waals surface area (Å²) < 4.78 is 57.3. The lowest BCUT2D eigenvalue weighted by atomic mass is 9.91. The molecule has 0 radical (unpaired) electrons. The van der Waals surface area contributed by atoms with E-state index in [1.807, 2.05) is 0 Å². The first-order chi connectivity index (χ1) is 13.6. The van der Waals surface area contributed by atoms with Gasteiger partial charge in [0.1, 0.15) is 6.33 Å². The second-order valence-corrected chi connectivity index (χ2v) is 7.85. The van der Waals surface area contributed by atoms with Crippen molar-refractivity contribution < 1.29 is 22.4 Å². The van der Waals surface area contributed by atoms with E-state index in [0.717, 1.165) is 11.0 Å². The summed E-state index contributed by atoms with van der Waals surface area (Å²) in [7, 11) is 0. The van der Waals surface area contributed by atoms with Crippen LogP contribution in [0, 0.1) is 18.6 Å². The van der Waals surface area contributed by atoms with Gasteiger partial charge in [0.05, 0.1) is 16.7 Å². The predicted molar refractivity (Wildman–Crippen MR) is 97.8 cm³/mol. The molecule has 1 aliphatic rings. The second kappa shape index (κ2) is 7.05. The van der Waals surface area contributed by atoms with Gasteiger partial charge in [0.15, 0.2) is 11.6 Å². The van der Waals surface area contributed by atoms with Crippen LogP contribution in [0.3, 0.4) is 0 Å². The van der Waals surface area contributed by atoms with E-state index < -0.39 is 42.3 Å². The number of amides is 1. The number of hydrogen-bond donors (Lipinski definition) is 0. The van der Waals surface area contributed by atoms with Crippen molar-refractivity contribution in [1.82, 2.24) is 24.5 Å². The van der Waals surface area contributed by atoms with Crippen molar-refractivity contribution in [2.75, 3.05) is 13.1 Å². The predicted octanol–water partition coefficient (Wildman–Crippen LogP) is 3.74. The Kier molecular flexibility index (Phi) is 4.80. The number of benzene rings is 1. The molecule has 152 valence electrons. The van der Waals surface area contributed by atoms with Crippen LogP contribution >= 0.6 is 15.9 Å². The van der Waals surface area contributed by atoms with Crippen LogP contribution in [0.15, 0.2) is 29.0 Å². The SMILES string of the molecule is Cc1cc([C@@H]2CN(C(=O)c3cc(F)c(F)c(Br)c3)CC(F)(F)C2)n2ncnc2n1. The molecule has 11 heteroatoms. The third-order valence-corrected chi connectivity index (χ3v) is 5.33. The summed E-state index contributed by atoms with van der Waals surface area (Å²) in [6.45, 7) is 0.855. The Labute approximate surface area is 170 Å². The van der Waals surface area contributed by atoms with Crippen LogP contribution in [0.2, 0.25) is 0 Å². The molecular weight excluding hydrogens is 458 g/mol. The molecule has 1 aromatic carbocycles. The molecule has 1 atom stereocenters. The highest BCUT2D eigenvalue weighted by atomic mass is 79.9. The standard InChI is InChI=1S/C18H14BrF4N5O/c1-9-2-14(28-17(26-9)24-8-25-28)11-5-18(22,23)7-27(6-11)16(29)10-3-12(19)15(21)13(20)4-10/h2-4,8,11H,5-7H2,1H3/t11-/m0/s1. The molecule has 0 bridgehead atoms. The van der Waals surface area contributed by atoms with Gasteiger partial charge in [0.25, 0.3) is 17.6 Å². The van der Waals surface area contributed by atoms with Crippen molar-refractivity contribution in [3.8, 4) is 0 Å². The average Bonchev–Trinajstić information content (AvgIpc) is 3.11. The molecule has 4 rings (SSSR count). The summed E-state index contributed by atoms with van der Waals surface area (Å²) in [6, 6.07) is 3.41. The first kappa shape index (κ1) is 19.7. The first-order valence-electron chi connectivity index (χ1n) is 8.63. The van der Waals surface area contributed by atoms with Gasteiger partial charge >= 0.3 is 0 Å². The summed E-state index contributed by atoms with van der Waals surface area (Å²) in [6.07, 6.45) is 0.782. The number of carbonyl (C=O) groups is 1. The summed E-state index contributed by atoms with van der Waals surface area (Å²) >= 11 is 2.83. The lowest BCUT2D eigenvalue weighted by Crippen LogP contribution is -2.49. The number of rotatable bonds is 2. The summed E-state index contributed by atoms with van der Waals surface area (Å²) in [5.41, 5.74) is 0.814. The minimum absolute atomic E-state index is 0.0382. The number of likely N-dealkylation sites (tertiary alicyclic amines) is 1. The topological polar surface area (TPSA) is 63.4 Å². The van der Waals surface area contributed by atoms with Crippen molar-refractivity contribution in [2.24, 2.45) is 0 Å². The fraction of sp³-hybridized carbons (Fsp3) is 0.333. The average molecular weight is 472 g/mol. The van der Waals surface area contributed by atoms with E-state index in [1.165, 1.54) is 10.8 Å². The number of fused-ring (bicyclic) bond motifs is 1. The van der Waals surface area contributed by atoms with Crippen molar-refractivity contribution in [1.29, 1.82) is 0 Å². The van der Waals surface area contributed by atoms with Gasteiger partial charge in [-0.2, -0.15) is 10.1 Å². The third-order valence-electron chi connectivity index (χ3n) is 4.75. The third kappa shape index (κ3) is 3.70. The maximum absolute atomic E-state index is 14.5. The molecule has 0 spiro atoms. The molecule has 0 saturated carbocycles. The summed E-state index contributed by atoms with van der Waals surface area (Å²) in [5, 5.41) is 4.04. The summed E-state index contributed by atoms with van der Waals surface area (Å²) in [5.74, 6) is -6.84. The fourth-order valence-corrected chi connectivity index (χ4v) is 4.00. The van der Waals surface area contributed by atoms with Crippen LogP contribution in [0.1, 0.15) is 34.1 Å². The van der Waals surface area contributed by atoms with Crippen molar-refractivity contribution in [2.45, 2.75) is 25.2 Å². The molecule has 1 aliphatic heterocycles. The van der Waals surface area contributed by atoms with Gasteiger partial charge in [-0.3, -0.25) is 4.79 Å². The van der Waals surface area contributed by atoms with E-state index in [4.69, 9.17) is 0 Å². The van der Waals surface area contributed by atoms with Crippen LogP contribution in [-0.4, -0.2) is 49.4 Å². The lowest BCUT2D eigenvalue weighted by Gasteiger charge is -2.37. The van der Waals surface area contributed by atoms with Crippen LogP contribution in [0.5, 0.6) is 0 Å². The zero-order chi connectivity index (χ0) is 20.9. The molecule has 0 unspecified atom stereocenters.